The average molecular weight is 138 g/mol. The minimum absolute atomic E-state index is 1.81. The predicted octanol–water partition coefficient (Wildman–Crippen LogP) is -0.822. The number of carbonyl (C=O) groups is 2. The summed E-state index contributed by atoms with van der Waals surface area (Å²) in [7, 11) is 0. The molecule has 0 aliphatic rings. The van der Waals surface area contributed by atoms with Crippen LogP contribution in [0.1, 0.15) is 0 Å². The maximum atomic E-state index is 9.21. The van der Waals surface area contributed by atoms with Crippen LogP contribution in [0.4, 0.5) is 9.59 Å². The Morgan fingerprint density at radius 2 is 1.33 bits per heavy atom. The van der Waals surface area contributed by atoms with Crippen LogP contribution < -0.4 is 11.7 Å². The molecule has 7 heteroatoms. The number of nitrogens with two attached hydrogens (primary N) is 2. The lowest BCUT2D eigenvalue weighted by molar-refractivity contribution is 0.0802. The van der Waals surface area contributed by atoms with Crippen LogP contribution in [0, 0.1) is 0 Å². The predicted molar refractivity (Wildman–Crippen MR) is 25.5 cm³/mol. The van der Waals surface area contributed by atoms with Gasteiger partial charge in [0.1, 0.15) is 0 Å². The maximum Gasteiger partial charge on any atom is 0.516 e. The highest BCUT2D eigenvalue weighted by Crippen LogP contribution is 1.73. The fraction of sp³-hybridized carbons (Fsp3) is 0. The first-order valence-corrected chi connectivity index (χ1v) is 1.60. The number of ether oxygens (including phenoxy) is 1. The van der Waals surface area contributed by atoms with Crippen molar-refractivity contribution in [3.05, 3.63) is 0 Å². The first kappa shape index (κ1) is 10.6. The molecule has 0 bridgehead atoms. The minimum atomic E-state index is -1.81. The number of hydrogen-bond donors (Lipinski definition) is 4. The molecule has 9 heavy (non-hydrogen) atoms. The Balaban J connectivity index is 0. The number of hydrazine groups is 1. The fourth-order valence-electron chi connectivity index (χ4n) is 0.0747. The fourth-order valence-corrected chi connectivity index (χ4v) is 0.0747. The summed E-state index contributed by atoms with van der Waals surface area (Å²) in [6.07, 6.45) is -3.62. The van der Waals surface area contributed by atoms with Gasteiger partial charge in [0.25, 0.3) is 0 Å². The van der Waals surface area contributed by atoms with Crippen molar-refractivity contribution < 1.29 is 24.5 Å². The van der Waals surface area contributed by atoms with Crippen LogP contribution in [0.15, 0.2) is 0 Å². The molecule has 7 nitrogen and oxygen atoms in total. The lowest BCUT2D eigenvalue weighted by atomic mass is 11.3. The van der Waals surface area contributed by atoms with Crippen molar-refractivity contribution in [2.75, 3.05) is 0 Å². The standard InChI is InChI=1S/C2H2O5.H4N2/c3-1(4)7-2(5)6;1-2/h(H,3,4)(H,5,6);1-2H2. The highest BCUT2D eigenvalue weighted by molar-refractivity contribution is 5.74. The molecule has 0 atom stereocenters. The molecule has 0 aromatic heterocycles. The van der Waals surface area contributed by atoms with Gasteiger partial charge in [0.2, 0.25) is 0 Å². The zero-order valence-corrected chi connectivity index (χ0v) is 4.27. The summed E-state index contributed by atoms with van der Waals surface area (Å²) < 4.78 is 3.08. The van der Waals surface area contributed by atoms with Crippen LogP contribution in [-0.2, 0) is 4.74 Å². The molecule has 0 aromatic carbocycles. The summed E-state index contributed by atoms with van der Waals surface area (Å²) in [6.45, 7) is 0. The first-order chi connectivity index (χ1) is 4.13. The molecule has 0 amide bonds. The largest absolute Gasteiger partial charge is 0.516 e. The lowest BCUT2D eigenvalue weighted by Gasteiger charge is -1.84. The molecule has 0 fully saturated rings. The quantitative estimate of drug-likeness (QED) is 0.148. The van der Waals surface area contributed by atoms with Crippen molar-refractivity contribution in [2.24, 2.45) is 11.7 Å². The zero-order chi connectivity index (χ0) is 7.86. The van der Waals surface area contributed by atoms with Crippen molar-refractivity contribution in [3.8, 4) is 0 Å². The number of carboxylic acid groups (broad SMARTS) is 2. The van der Waals surface area contributed by atoms with Gasteiger partial charge in [0.05, 0.1) is 0 Å². The summed E-state index contributed by atoms with van der Waals surface area (Å²) in [5.41, 5.74) is 0. The summed E-state index contributed by atoms with van der Waals surface area (Å²) in [5, 5.41) is 15.0. The molecule has 0 radical (unpaired) electrons. The summed E-state index contributed by atoms with van der Waals surface area (Å²) in [6, 6.07) is 0. The molecule has 0 aliphatic heterocycles. The Hall–Kier alpha value is -1.34. The summed E-state index contributed by atoms with van der Waals surface area (Å²) in [5.74, 6) is 8.00. The third kappa shape index (κ3) is 20.4. The molecule has 54 valence electrons. The van der Waals surface area contributed by atoms with Gasteiger partial charge in [0.15, 0.2) is 0 Å². The molecule has 6 N–H and O–H groups in total. The first-order valence-electron chi connectivity index (χ1n) is 1.60. The van der Waals surface area contributed by atoms with Crippen molar-refractivity contribution in [1.29, 1.82) is 0 Å². The Morgan fingerprint density at radius 3 is 1.33 bits per heavy atom. The Kier molecular flexibility index (Phi) is 7.85. The highest BCUT2D eigenvalue weighted by Gasteiger charge is 2.01. The minimum Gasteiger partial charge on any atom is -0.449 e. The van der Waals surface area contributed by atoms with E-state index in [0.29, 0.717) is 0 Å². The molecule has 0 spiro atoms. The van der Waals surface area contributed by atoms with E-state index in [2.05, 4.69) is 16.4 Å². The second kappa shape index (κ2) is 6.66. The van der Waals surface area contributed by atoms with Crippen molar-refractivity contribution in [3.63, 3.8) is 0 Å². The molecule has 0 saturated heterocycles. The molecule has 0 saturated carbocycles. The van der Waals surface area contributed by atoms with Crippen LogP contribution in [0.5, 0.6) is 0 Å². The van der Waals surface area contributed by atoms with Gasteiger partial charge in [-0.1, -0.05) is 0 Å². The Morgan fingerprint density at radius 1 is 1.11 bits per heavy atom. The van der Waals surface area contributed by atoms with Gasteiger partial charge in [0, 0.05) is 0 Å². The van der Waals surface area contributed by atoms with Crippen molar-refractivity contribution >= 4 is 12.3 Å². The van der Waals surface area contributed by atoms with Crippen molar-refractivity contribution in [2.45, 2.75) is 0 Å². The van der Waals surface area contributed by atoms with E-state index in [0.717, 1.165) is 0 Å². The highest BCUT2D eigenvalue weighted by atomic mass is 16.7. The van der Waals surface area contributed by atoms with Gasteiger partial charge in [-0.2, -0.15) is 0 Å². The van der Waals surface area contributed by atoms with Gasteiger partial charge >= 0.3 is 12.3 Å². The van der Waals surface area contributed by atoms with E-state index in [1.165, 1.54) is 0 Å². The van der Waals surface area contributed by atoms with E-state index in [9.17, 15) is 9.59 Å². The second-order valence-corrected chi connectivity index (χ2v) is 0.634. The van der Waals surface area contributed by atoms with E-state index >= 15 is 0 Å². The van der Waals surface area contributed by atoms with Crippen LogP contribution in [0.25, 0.3) is 0 Å². The summed E-state index contributed by atoms with van der Waals surface area (Å²) in [4.78, 5) is 18.4. The third-order valence-electron chi connectivity index (χ3n) is 0.175. The second-order valence-electron chi connectivity index (χ2n) is 0.634. The average Bonchev–Trinajstić information content (AvgIpc) is 1.68. The molecule has 0 unspecified atom stereocenters. The third-order valence-corrected chi connectivity index (χ3v) is 0.175. The molecular formula is C2H6N2O5. The topological polar surface area (TPSA) is 136 Å². The van der Waals surface area contributed by atoms with E-state index < -0.39 is 12.3 Å². The monoisotopic (exact) mass is 138 g/mol. The van der Waals surface area contributed by atoms with Crippen LogP contribution in [0.2, 0.25) is 0 Å². The van der Waals surface area contributed by atoms with Crippen LogP contribution in [-0.4, -0.2) is 22.5 Å². The van der Waals surface area contributed by atoms with E-state index in [1.807, 2.05) is 0 Å². The normalized spacial score (nSPS) is 6.44. The van der Waals surface area contributed by atoms with Gasteiger partial charge in [-0.25, -0.2) is 9.59 Å². The van der Waals surface area contributed by atoms with Gasteiger partial charge < -0.3 is 14.9 Å². The van der Waals surface area contributed by atoms with Gasteiger partial charge in [-0.3, -0.25) is 11.7 Å². The van der Waals surface area contributed by atoms with E-state index in [4.69, 9.17) is 10.2 Å². The van der Waals surface area contributed by atoms with Crippen LogP contribution >= 0.6 is 0 Å². The zero-order valence-electron chi connectivity index (χ0n) is 4.27. The smallest absolute Gasteiger partial charge is 0.449 e. The van der Waals surface area contributed by atoms with Crippen LogP contribution in [0.3, 0.4) is 0 Å². The van der Waals surface area contributed by atoms with E-state index in [-0.39, 0.29) is 0 Å². The maximum absolute atomic E-state index is 9.21. The summed E-state index contributed by atoms with van der Waals surface area (Å²) >= 11 is 0. The Labute approximate surface area is 49.8 Å². The van der Waals surface area contributed by atoms with Gasteiger partial charge in [-0.15, -0.1) is 0 Å². The SMILES string of the molecule is NN.O=C(O)OC(=O)O. The molecule has 0 aliphatic carbocycles. The van der Waals surface area contributed by atoms with E-state index in [1.54, 1.807) is 0 Å². The number of hydrogen-bond acceptors (Lipinski definition) is 5. The molecular weight excluding hydrogens is 132 g/mol. The molecule has 0 heterocycles. The molecule has 0 aromatic rings. The number of rotatable bonds is 0. The van der Waals surface area contributed by atoms with Crippen molar-refractivity contribution in [1.82, 2.24) is 0 Å². The van der Waals surface area contributed by atoms with Gasteiger partial charge in [-0.05, 0) is 0 Å². The molecule has 0 rings (SSSR count). The Bertz CT molecular complexity index is 89.1. The lowest BCUT2D eigenvalue weighted by Crippen LogP contribution is -2.05.